The number of rotatable bonds is 2. The minimum atomic E-state index is -0.705. The molecule has 5 nitrogen and oxygen atoms in total. The molecule has 2 aliphatic carbocycles. The van der Waals surface area contributed by atoms with Crippen LogP contribution < -0.4 is 0 Å². The summed E-state index contributed by atoms with van der Waals surface area (Å²) >= 11 is 0. The molecule has 0 radical (unpaired) electrons. The lowest BCUT2D eigenvalue weighted by Crippen LogP contribution is -2.68. The maximum Gasteiger partial charge on any atom is 0.252 e. The van der Waals surface area contributed by atoms with E-state index in [9.17, 15) is 14.0 Å². The lowest BCUT2D eigenvalue weighted by atomic mass is 9.68. The molecule has 0 aromatic carbocycles. The highest BCUT2D eigenvalue weighted by atomic mass is 19.1. The molecule has 7 atom stereocenters. The zero-order valence-corrected chi connectivity index (χ0v) is 17.3. The standard InChI is InChI=1S/C22H35FN2O3/c1-14-13-24(22(27)21-8-5-11-28-21)20-12-16(17-6-3-4-7-18(17)23)9-10-19(20)25(14)15(2)26/h14,16-21H,3-13H2,1-2H3/t14-,16?,17?,18?,19?,20?,21?/m0/s1. The second kappa shape index (κ2) is 8.29. The molecule has 0 aromatic rings. The van der Waals surface area contributed by atoms with Crippen LogP contribution in [0.2, 0.25) is 0 Å². The van der Waals surface area contributed by atoms with Crippen molar-refractivity contribution >= 4 is 11.8 Å². The highest BCUT2D eigenvalue weighted by Gasteiger charge is 2.49. The molecule has 28 heavy (non-hydrogen) atoms. The monoisotopic (exact) mass is 394 g/mol. The molecule has 0 bridgehead atoms. The zero-order valence-electron chi connectivity index (χ0n) is 17.3. The molecule has 2 amide bonds. The normalized spacial score (nSPS) is 41.6. The van der Waals surface area contributed by atoms with Gasteiger partial charge in [-0.15, -0.1) is 0 Å². The van der Waals surface area contributed by atoms with Crippen LogP contribution in [0.3, 0.4) is 0 Å². The number of ether oxygens (including phenoxy) is 1. The number of nitrogens with zero attached hydrogens (tertiary/aromatic N) is 2. The van der Waals surface area contributed by atoms with Crippen LogP contribution in [0.5, 0.6) is 0 Å². The van der Waals surface area contributed by atoms with Crippen molar-refractivity contribution in [2.75, 3.05) is 13.2 Å². The Morgan fingerprint density at radius 3 is 2.46 bits per heavy atom. The van der Waals surface area contributed by atoms with Gasteiger partial charge < -0.3 is 14.5 Å². The lowest BCUT2D eigenvalue weighted by Gasteiger charge is -2.55. The summed E-state index contributed by atoms with van der Waals surface area (Å²) in [5, 5.41) is 0. The molecular weight excluding hydrogens is 359 g/mol. The molecular formula is C22H35FN2O3. The van der Waals surface area contributed by atoms with Crippen LogP contribution in [0.15, 0.2) is 0 Å². The van der Waals surface area contributed by atoms with E-state index in [1.807, 2.05) is 16.7 Å². The number of halogens is 1. The topological polar surface area (TPSA) is 49.9 Å². The number of fused-ring (bicyclic) bond motifs is 1. The van der Waals surface area contributed by atoms with Gasteiger partial charge in [-0.1, -0.05) is 12.8 Å². The Hall–Kier alpha value is -1.17. The van der Waals surface area contributed by atoms with Gasteiger partial charge in [-0.25, -0.2) is 4.39 Å². The van der Waals surface area contributed by atoms with Crippen LogP contribution in [0.4, 0.5) is 4.39 Å². The Morgan fingerprint density at radius 2 is 1.79 bits per heavy atom. The Labute approximate surface area is 168 Å². The molecule has 2 saturated heterocycles. The van der Waals surface area contributed by atoms with Gasteiger partial charge in [0.2, 0.25) is 5.91 Å². The van der Waals surface area contributed by atoms with E-state index in [-0.39, 0.29) is 42.0 Å². The quantitative estimate of drug-likeness (QED) is 0.722. The van der Waals surface area contributed by atoms with Crippen molar-refractivity contribution in [1.29, 1.82) is 0 Å². The van der Waals surface area contributed by atoms with Gasteiger partial charge in [0.1, 0.15) is 12.3 Å². The molecule has 6 heteroatoms. The van der Waals surface area contributed by atoms with E-state index in [4.69, 9.17) is 4.74 Å². The third kappa shape index (κ3) is 3.69. The molecule has 0 N–H and O–H groups in total. The van der Waals surface area contributed by atoms with Crippen LogP contribution in [0.25, 0.3) is 0 Å². The number of piperazine rings is 1. The third-order valence-electron chi connectivity index (χ3n) is 7.70. The van der Waals surface area contributed by atoms with Gasteiger partial charge in [0.15, 0.2) is 0 Å². The van der Waals surface area contributed by atoms with E-state index in [1.165, 1.54) is 0 Å². The Balaban J connectivity index is 1.56. The van der Waals surface area contributed by atoms with Crippen molar-refractivity contribution in [3.8, 4) is 0 Å². The first-order valence-corrected chi connectivity index (χ1v) is 11.3. The second-order valence-electron chi connectivity index (χ2n) is 9.44. The predicted molar refractivity (Wildman–Crippen MR) is 104 cm³/mol. The van der Waals surface area contributed by atoms with Gasteiger partial charge in [0.25, 0.3) is 5.91 Å². The van der Waals surface area contributed by atoms with Gasteiger partial charge >= 0.3 is 0 Å². The van der Waals surface area contributed by atoms with Crippen molar-refractivity contribution in [2.45, 2.75) is 102 Å². The van der Waals surface area contributed by atoms with E-state index in [0.29, 0.717) is 25.5 Å². The summed E-state index contributed by atoms with van der Waals surface area (Å²) in [6.07, 6.45) is 7.11. The Bertz CT molecular complexity index is 594. The van der Waals surface area contributed by atoms with Crippen LogP contribution in [-0.4, -0.2) is 65.2 Å². The summed E-state index contributed by atoms with van der Waals surface area (Å²) in [6.45, 7) is 4.89. The molecule has 158 valence electrons. The minimum absolute atomic E-state index is 0.00433. The van der Waals surface area contributed by atoms with Crippen molar-refractivity contribution in [2.24, 2.45) is 11.8 Å². The van der Waals surface area contributed by atoms with Gasteiger partial charge in [-0.2, -0.15) is 0 Å². The summed E-state index contributed by atoms with van der Waals surface area (Å²) in [6, 6.07) is 0.0819. The summed E-state index contributed by atoms with van der Waals surface area (Å²) in [5.41, 5.74) is 0. The van der Waals surface area contributed by atoms with Crippen molar-refractivity contribution < 1.29 is 18.7 Å². The number of alkyl halides is 1. The smallest absolute Gasteiger partial charge is 0.252 e. The van der Waals surface area contributed by atoms with E-state index < -0.39 is 6.17 Å². The molecule has 4 fully saturated rings. The zero-order chi connectivity index (χ0) is 19.8. The first kappa shape index (κ1) is 20.1. The fraction of sp³-hybridized carbons (Fsp3) is 0.909. The second-order valence-corrected chi connectivity index (χ2v) is 9.44. The SMILES string of the molecule is CC(=O)N1C2CCC(C3CCCCC3F)CC2N(C(=O)C2CCCO2)C[C@@H]1C. The molecule has 4 aliphatic rings. The first-order chi connectivity index (χ1) is 13.5. The van der Waals surface area contributed by atoms with Crippen molar-refractivity contribution in [3.63, 3.8) is 0 Å². The number of amides is 2. The molecule has 4 rings (SSSR count). The number of hydrogen-bond donors (Lipinski definition) is 0. The summed E-state index contributed by atoms with van der Waals surface area (Å²) in [4.78, 5) is 29.6. The van der Waals surface area contributed by atoms with E-state index in [2.05, 4.69) is 0 Å². The van der Waals surface area contributed by atoms with Crippen LogP contribution in [0.1, 0.15) is 71.6 Å². The van der Waals surface area contributed by atoms with Crippen LogP contribution in [-0.2, 0) is 14.3 Å². The van der Waals surface area contributed by atoms with E-state index in [0.717, 1.165) is 51.4 Å². The lowest BCUT2D eigenvalue weighted by molar-refractivity contribution is -0.161. The summed E-state index contributed by atoms with van der Waals surface area (Å²) in [7, 11) is 0. The maximum atomic E-state index is 14.7. The number of carbonyl (C=O) groups excluding carboxylic acids is 2. The highest BCUT2D eigenvalue weighted by Crippen LogP contribution is 2.44. The Morgan fingerprint density at radius 1 is 1.00 bits per heavy atom. The maximum absolute atomic E-state index is 14.7. The summed E-state index contributed by atoms with van der Waals surface area (Å²) in [5.74, 6) is 0.618. The molecule has 0 spiro atoms. The van der Waals surface area contributed by atoms with Crippen LogP contribution >= 0.6 is 0 Å². The average molecular weight is 395 g/mol. The van der Waals surface area contributed by atoms with E-state index >= 15 is 0 Å². The van der Waals surface area contributed by atoms with Gasteiger partial charge in [0.05, 0.1) is 12.1 Å². The van der Waals surface area contributed by atoms with Gasteiger partial charge in [0, 0.05) is 26.1 Å². The number of carbonyl (C=O) groups is 2. The van der Waals surface area contributed by atoms with Crippen molar-refractivity contribution in [1.82, 2.24) is 9.80 Å². The molecule has 2 aliphatic heterocycles. The molecule has 2 heterocycles. The fourth-order valence-corrected chi connectivity index (χ4v) is 6.45. The largest absolute Gasteiger partial charge is 0.368 e. The minimum Gasteiger partial charge on any atom is -0.368 e. The summed E-state index contributed by atoms with van der Waals surface area (Å²) < 4.78 is 20.3. The molecule has 0 aromatic heterocycles. The number of hydrogen-bond acceptors (Lipinski definition) is 3. The average Bonchev–Trinajstić information content (AvgIpc) is 3.21. The van der Waals surface area contributed by atoms with Crippen molar-refractivity contribution in [3.05, 3.63) is 0 Å². The molecule has 2 saturated carbocycles. The van der Waals surface area contributed by atoms with E-state index in [1.54, 1.807) is 6.92 Å². The van der Waals surface area contributed by atoms with Gasteiger partial charge in [-0.3, -0.25) is 9.59 Å². The fourth-order valence-electron chi connectivity index (χ4n) is 6.45. The third-order valence-corrected chi connectivity index (χ3v) is 7.70. The highest BCUT2D eigenvalue weighted by molar-refractivity contribution is 5.82. The van der Waals surface area contributed by atoms with Gasteiger partial charge in [-0.05, 0) is 63.7 Å². The predicted octanol–water partition coefficient (Wildman–Crippen LogP) is 3.31. The first-order valence-electron chi connectivity index (χ1n) is 11.3. The van der Waals surface area contributed by atoms with Crippen LogP contribution in [0, 0.1) is 11.8 Å². The Kier molecular flexibility index (Phi) is 5.96. The molecule has 6 unspecified atom stereocenters.